The predicted octanol–water partition coefficient (Wildman–Crippen LogP) is 3.22. The predicted molar refractivity (Wildman–Crippen MR) is 73.9 cm³/mol. The molecule has 0 spiro atoms. The molecular formula is C14H22N2O2. The molecule has 0 heterocycles. The molecule has 1 unspecified atom stereocenters. The lowest BCUT2D eigenvalue weighted by Crippen LogP contribution is -2.31. The van der Waals surface area contributed by atoms with Crippen molar-refractivity contribution in [2.75, 3.05) is 6.54 Å². The summed E-state index contributed by atoms with van der Waals surface area (Å²) in [6, 6.07) is 5.78. The maximum atomic E-state index is 11.0. The molecule has 4 nitrogen and oxygen atoms in total. The minimum absolute atomic E-state index is 0.242. The van der Waals surface area contributed by atoms with E-state index >= 15 is 0 Å². The average Bonchev–Trinajstić information content (AvgIpc) is 2.35. The fourth-order valence-corrected chi connectivity index (χ4v) is 1.99. The van der Waals surface area contributed by atoms with E-state index in [1.165, 1.54) is 0 Å². The summed E-state index contributed by atoms with van der Waals surface area (Å²) >= 11 is 0. The minimum atomic E-state index is -0.283. The van der Waals surface area contributed by atoms with Gasteiger partial charge in [-0.2, -0.15) is 0 Å². The molecular weight excluding hydrogens is 228 g/mol. The van der Waals surface area contributed by atoms with E-state index in [-0.39, 0.29) is 10.6 Å². The molecule has 0 amide bonds. The highest BCUT2D eigenvalue weighted by Crippen LogP contribution is 2.22. The van der Waals surface area contributed by atoms with Crippen LogP contribution in [0, 0.1) is 17.0 Å². The Hall–Kier alpha value is -1.42. The minimum Gasteiger partial charge on any atom is -0.314 e. The number of aryl methyl sites for hydroxylation is 1. The first-order valence-electron chi connectivity index (χ1n) is 6.55. The molecule has 0 fully saturated rings. The number of nitro benzene ring substituents is 1. The number of nitrogens with zero attached hydrogens (tertiary/aromatic N) is 1. The van der Waals surface area contributed by atoms with E-state index in [0.717, 1.165) is 30.5 Å². The molecule has 4 heteroatoms. The molecule has 0 saturated carbocycles. The second-order valence-electron chi connectivity index (χ2n) is 4.65. The Kier molecular flexibility index (Phi) is 5.78. The normalized spacial score (nSPS) is 12.4. The molecule has 0 aliphatic rings. The first-order chi connectivity index (χ1) is 8.58. The SMILES string of the molecule is CCCNC(CC)Cc1ccc(C)cc1[N+](=O)[O-]. The van der Waals surface area contributed by atoms with E-state index in [1.807, 2.05) is 19.1 Å². The number of hydrogen-bond donors (Lipinski definition) is 1. The van der Waals surface area contributed by atoms with Crippen LogP contribution in [0.1, 0.15) is 37.8 Å². The second kappa shape index (κ2) is 7.11. The van der Waals surface area contributed by atoms with Gasteiger partial charge in [0, 0.05) is 17.7 Å². The first kappa shape index (κ1) is 14.6. The Bertz CT molecular complexity index is 405. The Balaban J connectivity index is 2.84. The summed E-state index contributed by atoms with van der Waals surface area (Å²) in [7, 11) is 0. The smallest absolute Gasteiger partial charge is 0.272 e. The van der Waals surface area contributed by atoms with Crippen LogP contribution >= 0.6 is 0 Å². The maximum absolute atomic E-state index is 11.0. The van der Waals surface area contributed by atoms with Crippen molar-refractivity contribution in [2.24, 2.45) is 0 Å². The van der Waals surface area contributed by atoms with Gasteiger partial charge in [-0.15, -0.1) is 0 Å². The number of hydrogen-bond acceptors (Lipinski definition) is 3. The van der Waals surface area contributed by atoms with E-state index < -0.39 is 0 Å². The molecule has 0 saturated heterocycles. The number of nitro groups is 1. The molecule has 0 aliphatic heterocycles. The summed E-state index contributed by atoms with van der Waals surface area (Å²) in [5, 5.41) is 14.5. The molecule has 1 N–H and O–H groups in total. The van der Waals surface area contributed by atoms with Crippen LogP contribution in [0.2, 0.25) is 0 Å². The van der Waals surface area contributed by atoms with Crippen LogP contribution < -0.4 is 5.32 Å². The van der Waals surface area contributed by atoms with Gasteiger partial charge in [-0.05, 0) is 38.3 Å². The van der Waals surface area contributed by atoms with Crippen molar-refractivity contribution in [1.29, 1.82) is 0 Å². The van der Waals surface area contributed by atoms with Crippen molar-refractivity contribution in [3.8, 4) is 0 Å². The first-order valence-corrected chi connectivity index (χ1v) is 6.55. The molecule has 0 aliphatic carbocycles. The van der Waals surface area contributed by atoms with Gasteiger partial charge in [0.25, 0.3) is 5.69 Å². The van der Waals surface area contributed by atoms with E-state index in [0.29, 0.717) is 12.5 Å². The van der Waals surface area contributed by atoms with Gasteiger partial charge >= 0.3 is 0 Å². The molecule has 1 rings (SSSR count). The van der Waals surface area contributed by atoms with Gasteiger partial charge < -0.3 is 5.32 Å². The van der Waals surface area contributed by atoms with E-state index in [2.05, 4.69) is 19.2 Å². The van der Waals surface area contributed by atoms with Crippen LogP contribution in [0.4, 0.5) is 5.69 Å². The monoisotopic (exact) mass is 250 g/mol. The standard InChI is InChI=1S/C14H22N2O2/c1-4-8-15-13(5-2)10-12-7-6-11(3)9-14(12)16(17)18/h6-7,9,13,15H,4-5,8,10H2,1-3H3. The van der Waals surface area contributed by atoms with Crippen molar-refractivity contribution < 1.29 is 4.92 Å². The van der Waals surface area contributed by atoms with Gasteiger partial charge in [0.2, 0.25) is 0 Å². The Labute approximate surface area is 109 Å². The molecule has 18 heavy (non-hydrogen) atoms. The summed E-state index contributed by atoms with van der Waals surface area (Å²) in [5.74, 6) is 0. The number of nitrogens with one attached hydrogen (secondary N) is 1. The molecule has 0 bridgehead atoms. The Morgan fingerprint density at radius 2 is 2.11 bits per heavy atom. The Morgan fingerprint density at radius 3 is 2.67 bits per heavy atom. The van der Waals surface area contributed by atoms with Crippen LogP contribution in [0.15, 0.2) is 18.2 Å². The molecule has 1 aromatic carbocycles. The van der Waals surface area contributed by atoms with E-state index in [1.54, 1.807) is 6.07 Å². The molecule has 100 valence electrons. The lowest BCUT2D eigenvalue weighted by molar-refractivity contribution is -0.385. The zero-order valence-electron chi connectivity index (χ0n) is 11.4. The zero-order chi connectivity index (χ0) is 13.5. The van der Waals surface area contributed by atoms with Crippen molar-refractivity contribution in [3.05, 3.63) is 39.4 Å². The topological polar surface area (TPSA) is 55.2 Å². The summed E-state index contributed by atoms with van der Waals surface area (Å²) in [6.45, 7) is 7.06. The average molecular weight is 250 g/mol. The third kappa shape index (κ3) is 4.11. The van der Waals surface area contributed by atoms with E-state index in [9.17, 15) is 10.1 Å². The molecule has 0 aromatic heterocycles. The molecule has 1 aromatic rings. The quantitative estimate of drug-likeness (QED) is 0.597. The molecule has 0 radical (unpaired) electrons. The van der Waals surface area contributed by atoms with Crippen LogP contribution in [0.3, 0.4) is 0 Å². The fraction of sp³-hybridized carbons (Fsp3) is 0.571. The zero-order valence-corrected chi connectivity index (χ0v) is 11.4. The highest BCUT2D eigenvalue weighted by molar-refractivity contribution is 5.43. The maximum Gasteiger partial charge on any atom is 0.272 e. The Morgan fingerprint density at radius 1 is 1.39 bits per heavy atom. The summed E-state index contributed by atoms with van der Waals surface area (Å²) in [5.41, 5.74) is 1.99. The largest absolute Gasteiger partial charge is 0.314 e. The third-order valence-electron chi connectivity index (χ3n) is 3.08. The van der Waals surface area contributed by atoms with Crippen LogP contribution in [-0.2, 0) is 6.42 Å². The van der Waals surface area contributed by atoms with Gasteiger partial charge in [-0.1, -0.05) is 26.0 Å². The van der Waals surface area contributed by atoms with Crippen molar-refractivity contribution in [1.82, 2.24) is 5.32 Å². The number of benzene rings is 1. The van der Waals surface area contributed by atoms with Crippen molar-refractivity contribution >= 4 is 5.69 Å². The number of rotatable bonds is 7. The third-order valence-corrected chi connectivity index (χ3v) is 3.08. The van der Waals surface area contributed by atoms with Crippen LogP contribution in [-0.4, -0.2) is 17.5 Å². The van der Waals surface area contributed by atoms with Crippen molar-refractivity contribution in [3.63, 3.8) is 0 Å². The highest BCUT2D eigenvalue weighted by atomic mass is 16.6. The van der Waals surface area contributed by atoms with Gasteiger partial charge in [-0.25, -0.2) is 0 Å². The summed E-state index contributed by atoms with van der Waals surface area (Å²) < 4.78 is 0. The van der Waals surface area contributed by atoms with Crippen molar-refractivity contribution in [2.45, 2.75) is 46.1 Å². The van der Waals surface area contributed by atoms with Gasteiger partial charge in [0.15, 0.2) is 0 Å². The molecule has 1 atom stereocenters. The summed E-state index contributed by atoms with van der Waals surface area (Å²) in [6.07, 6.45) is 2.77. The van der Waals surface area contributed by atoms with Crippen LogP contribution in [0.25, 0.3) is 0 Å². The van der Waals surface area contributed by atoms with E-state index in [4.69, 9.17) is 0 Å². The van der Waals surface area contributed by atoms with Gasteiger partial charge in [-0.3, -0.25) is 10.1 Å². The van der Waals surface area contributed by atoms with Crippen LogP contribution in [0.5, 0.6) is 0 Å². The lowest BCUT2D eigenvalue weighted by Gasteiger charge is -2.16. The fourth-order valence-electron chi connectivity index (χ4n) is 1.99. The van der Waals surface area contributed by atoms with Gasteiger partial charge in [0.05, 0.1) is 4.92 Å². The second-order valence-corrected chi connectivity index (χ2v) is 4.65. The highest BCUT2D eigenvalue weighted by Gasteiger charge is 2.16. The van der Waals surface area contributed by atoms with Gasteiger partial charge in [0.1, 0.15) is 0 Å². The summed E-state index contributed by atoms with van der Waals surface area (Å²) in [4.78, 5) is 10.8. The lowest BCUT2D eigenvalue weighted by atomic mass is 10.0.